The molecule has 0 aliphatic heterocycles. The number of carboxylic acid groups (broad SMARTS) is 1. The van der Waals surface area contributed by atoms with Crippen molar-refractivity contribution in [3.05, 3.63) is 59.2 Å². The lowest BCUT2D eigenvalue weighted by Crippen LogP contribution is -2.10. The second kappa shape index (κ2) is 6.10. The molecule has 2 aromatic carbocycles. The maximum atomic E-state index is 11.0. The van der Waals surface area contributed by atoms with Gasteiger partial charge in [0.1, 0.15) is 11.3 Å². The third kappa shape index (κ3) is 3.58. The standard InChI is InChI=1S/C18H21NO3/c1-18(2,3)13-7-9-14(10-8-13)19-11-12-5-4-6-15(16(12)20)17(21)22/h4-10,19-20H,11H2,1-3H3,(H,21,22). The van der Waals surface area contributed by atoms with Gasteiger partial charge in [-0.15, -0.1) is 0 Å². The van der Waals surface area contributed by atoms with Gasteiger partial charge in [-0.25, -0.2) is 4.79 Å². The minimum absolute atomic E-state index is 0.0811. The van der Waals surface area contributed by atoms with Gasteiger partial charge in [0, 0.05) is 17.8 Å². The van der Waals surface area contributed by atoms with Gasteiger partial charge in [-0.1, -0.05) is 45.0 Å². The van der Waals surface area contributed by atoms with Crippen molar-refractivity contribution in [3.63, 3.8) is 0 Å². The summed E-state index contributed by atoms with van der Waals surface area (Å²) in [5, 5.41) is 22.2. The molecule has 0 atom stereocenters. The first-order valence-corrected chi connectivity index (χ1v) is 7.17. The molecule has 0 radical (unpaired) electrons. The smallest absolute Gasteiger partial charge is 0.339 e. The van der Waals surface area contributed by atoms with Crippen molar-refractivity contribution in [2.75, 3.05) is 5.32 Å². The van der Waals surface area contributed by atoms with Gasteiger partial charge in [0.25, 0.3) is 0 Å². The summed E-state index contributed by atoms with van der Waals surface area (Å²) in [5.74, 6) is -1.32. The van der Waals surface area contributed by atoms with E-state index in [0.717, 1.165) is 5.69 Å². The van der Waals surface area contributed by atoms with Gasteiger partial charge in [-0.3, -0.25) is 0 Å². The Labute approximate surface area is 130 Å². The summed E-state index contributed by atoms with van der Waals surface area (Å²) in [6.07, 6.45) is 0. The van der Waals surface area contributed by atoms with Crippen molar-refractivity contribution in [2.24, 2.45) is 0 Å². The summed E-state index contributed by atoms with van der Waals surface area (Å²) < 4.78 is 0. The minimum atomic E-state index is -1.13. The van der Waals surface area contributed by atoms with Crippen LogP contribution in [0.2, 0.25) is 0 Å². The third-order valence-electron chi connectivity index (χ3n) is 3.58. The van der Waals surface area contributed by atoms with Gasteiger partial charge in [0.2, 0.25) is 0 Å². The van der Waals surface area contributed by atoms with Gasteiger partial charge in [-0.05, 0) is 29.2 Å². The monoisotopic (exact) mass is 299 g/mol. The molecule has 4 heteroatoms. The second-order valence-corrected chi connectivity index (χ2v) is 6.30. The van der Waals surface area contributed by atoms with Gasteiger partial charge in [-0.2, -0.15) is 0 Å². The number of phenols is 1. The minimum Gasteiger partial charge on any atom is -0.507 e. The first-order chi connectivity index (χ1) is 10.3. The van der Waals surface area contributed by atoms with Crippen molar-refractivity contribution in [1.82, 2.24) is 0 Å². The number of para-hydroxylation sites is 1. The molecule has 2 aromatic rings. The predicted octanol–water partition coefficient (Wildman–Crippen LogP) is 4.00. The fourth-order valence-electron chi connectivity index (χ4n) is 2.19. The van der Waals surface area contributed by atoms with E-state index in [4.69, 9.17) is 5.11 Å². The molecule has 0 aliphatic carbocycles. The van der Waals surface area contributed by atoms with Crippen LogP contribution in [0.3, 0.4) is 0 Å². The summed E-state index contributed by atoms with van der Waals surface area (Å²) in [7, 11) is 0. The molecular formula is C18H21NO3. The van der Waals surface area contributed by atoms with E-state index in [2.05, 4.69) is 38.2 Å². The topological polar surface area (TPSA) is 69.6 Å². The zero-order valence-corrected chi connectivity index (χ0v) is 13.1. The molecular weight excluding hydrogens is 278 g/mol. The average Bonchev–Trinajstić information content (AvgIpc) is 2.45. The quantitative estimate of drug-likeness (QED) is 0.798. The van der Waals surface area contributed by atoms with Crippen LogP contribution in [0.25, 0.3) is 0 Å². The molecule has 0 bridgehead atoms. The highest BCUT2D eigenvalue weighted by Gasteiger charge is 2.14. The molecule has 4 nitrogen and oxygen atoms in total. The first kappa shape index (κ1) is 15.9. The summed E-state index contributed by atoms with van der Waals surface area (Å²) in [4.78, 5) is 11.0. The molecule has 0 saturated heterocycles. The van der Waals surface area contributed by atoms with Crippen molar-refractivity contribution < 1.29 is 15.0 Å². The number of rotatable bonds is 4. The first-order valence-electron chi connectivity index (χ1n) is 7.17. The number of aromatic carboxylic acids is 1. The number of hydrogen-bond acceptors (Lipinski definition) is 3. The largest absolute Gasteiger partial charge is 0.507 e. The second-order valence-electron chi connectivity index (χ2n) is 6.30. The van der Waals surface area contributed by atoms with Crippen LogP contribution in [0.15, 0.2) is 42.5 Å². The van der Waals surface area contributed by atoms with Crippen LogP contribution in [0, 0.1) is 0 Å². The molecule has 0 fully saturated rings. The Bertz CT molecular complexity index is 670. The Morgan fingerprint density at radius 3 is 2.27 bits per heavy atom. The zero-order chi connectivity index (χ0) is 16.3. The van der Waals surface area contributed by atoms with Crippen LogP contribution in [0.4, 0.5) is 5.69 Å². The number of carboxylic acids is 1. The molecule has 0 spiro atoms. The Balaban J connectivity index is 2.11. The molecule has 0 amide bonds. The van der Waals surface area contributed by atoms with Crippen LogP contribution in [0.1, 0.15) is 42.3 Å². The maximum absolute atomic E-state index is 11.0. The average molecular weight is 299 g/mol. The van der Waals surface area contributed by atoms with Crippen LogP contribution in [-0.2, 0) is 12.0 Å². The van der Waals surface area contributed by atoms with Gasteiger partial charge < -0.3 is 15.5 Å². The van der Waals surface area contributed by atoms with Gasteiger partial charge >= 0.3 is 5.97 Å². The fraction of sp³-hybridized carbons (Fsp3) is 0.278. The maximum Gasteiger partial charge on any atom is 0.339 e. The summed E-state index contributed by atoms with van der Waals surface area (Å²) >= 11 is 0. The highest BCUT2D eigenvalue weighted by molar-refractivity contribution is 5.91. The Morgan fingerprint density at radius 2 is 1.73 bits per heavy atom. The highest BCUT2D eigenvalue weighted by atomic mass is 16.4. The molecule has 22 heavy (non-hydrogen) atoms. The van der Waals surface area contributed by atoms with Crippen molar-refractivity contribution in [3.8, 4) is 5.75 Å². The van der Waals surface area contributed by atoms with E-state index < -0.39 is 5.97 Å². The lowest BCUT2D eigenvalue weighted by atomic mass is 9.87. The molecule has 0 aromatic heterocycles. The van der Waals surface area contributed by atoms with Crippen molar-refractivity contribution in [2.45, 2.75) is 32.7 Å². The van der Waals surface area contributed by atoms with Crippen molar-refractivity contribution in [1.29, 1.82) is 0 Å². The molecule has 116 valence electrons. The number of benzene rings is 2. The zero-order valence-electron chi connectivity index (χ0n) is 13.1. The van der Waals surface area contributed by atoms with Crippen LogP contribution < -0.4 is 5.32 Å². The molecule has 0 heterocycles. The fourth-order valence-corrected chi connectivity index (χ4v) is 2.19. The predicted molar refractivity (Wildman–Crippen MR) is 87.5 cm³/mol. The number of nitrogens with one attached hydrogen (secondary N) is 1. The number of aromatic hydroxyl groups is 1. The summed E-state index contributed by atoms with van der Waals surface area (Å²) in [6, 6.07) is 12.8. The van der Waals surface area contributed by atoms with Crippen LogP contribution >= 0.6 is 0 Å². The molecule has 2 rings (SSSR count). The lowest BCUT2D eigenvalue weighted by Gasteiger charge is -2.19. The van der Waals surface area contributed by atoms with E-state index in [-0.39, 0.29) is 16.7 Å². The summed E-state index contributed by atoms with van der Waals surface area (Å²) in [5.41, 5.74) is 2.75. The van der Waals surface area contributed by atoms with E-state index in [1.807, 2.05) is 12.1 Å². The van der Waals surface area contributed by atoms with E-state index in [1.54, 1.807) is 12.1 Å². The number of hydrogen-bond donors (Lipinski definition) is 3. The van der Waals surface area contributed by atoms with Crippen molar-refractivity contribution >= 4 is 11.7 Å². The molecule has 3 N–H and O–H groups in total. The normalized spacial score (nSPS) is 11.2. The third-order valence-corrected chi connectivity index (χ3v) is 3.58. The lowest BCUT2D eigenvalue weighted by molar-refractivity contribution is 0.0693. The number of carbonyl (C=O) groups is 1. The van der Waals surface area contributed by atoms with Gasteiger partial charge in [0.05, 0.1) is 0 Å². The molecule has 0 aliphatic rings. The number of anilines is 1. The molecule has 0 unspecified atom stereocenters. The Kier molecular flexibility index (Phi) is 4.40. The van der Waals surface area contributed by atoms with E-state index in [1.165, 1.54) is 11.6 Å². The Morgan fingerprint density at radius 1 is 1.09 bits per heavy atom. The summed E-state index contributed by atoms with van der Waals surface area (Å²) in [6.45, 7) is 6.84. The van der Waals surface area contributed by atoms with Crippen LogP contribution in [-0.4, -0.2) is 16.2 Å². The Hall–Kier alpha value is -2.49. The molecule has 0 saturated carbocycles. The highest BCUT2D eigenvalue weighted by Crippen LogP contribution is 2.25. The van der Waals surface area contributed by atoms with E-state index in [9.17, 15) is 9.90 Å². The van der Waals surface area contributed by atoms with E-state index >= 15 is 0 Å². The van der Waals surface area contributed by atoms with E-state index in [0.29, 0.717) is 12.1 Å². The van der Waals surface area contributed by atoms with Gasteiger partial charge in [0.15, 0.2) is 0 Å². The SMILES string of the molecule is CC(C)(C)c1ccc(NCc2cccc(C(=O)O)c2O)cc1. The van der Waals surface area contributed by atoms with Crippen LogP contribution in [0.5, 0.6) is 5.75 Å².